The van der Waals surface area contributed by atoms with Gasteiger partial charge in [-0.2, -0.15) is 0 Å². The minimum Gasteiger partial charge on any atom is -0.484 e. The van der Waals surface area contributed by atoms with Crippen LogP contribution in [0.1, 0.15) is 5.56 Å². The Kier molecular flexibility index (Phi) is 4.88. The molecule has 1 N–H and O–H groups in total. The standard InChI is InChI=1S/C21H15ClF2N2O2/c1-12(19-16(23)3-2-4-17(19)24)25-14-7-5-13(6-8-14)20-15(22)11-18-21(26-20)28-10-9-27-18/h2-8,11,25H,1,9-10H2. The van der Waals surface area contributed by atoms with Gasteiger partial charge in [-0.15, -0.1) is 0 Å². The zero-order valence-corrected chi connectivity index (χ0v) is 15.4. The Bertz CT molecular complexity index is 1030. The van der Waals surface area contributed by atoms with Gasteiger partial charge in [0.2, 0.25) is 0 Å². The van der Waals surface area contributed by atoms with E-state index in [2.05, 4.69) is 16.9 Å². The van der Waals surface area contributed by atoms with E-state index >= 15 is 0 Å². The van der Waals surface area contributed by atoms with Crippen LogP contribution in [0.5, 0.6) is 11.6 Å². The number of fused-ring (bicyclic) bond motifs is 1. The van der Waals surface area contributed by atoms with Crippen molar-refractivity contribution in [3.8, 4) is 22.9 Å². The Morgan fingerprint density at radius 1 is 1.04 bits per heavy atom. The molecular formula is C21H15ClF2N2O2. The Balaban J connectivity index is 1.57. The molecule has 2 aromatic carbocycles. The van der Waals surface area contributed by atoms with E-state index in [1.807, 2.05) is 0 Å². The molecule has 0 saturated heterocycles. The minimum atomic E-state index is -0.679. The van der Waals surface area contributed by atoms with Crippen LogP contribution < -0.4 is 14.8 Å². The van der Waals surface area contributed by atoms with Crippen LogP contribution in [0.4, 0.5) is 14.5 Å². The van der Waals surface area contributed by atoms with Gasteiger partial charge in [0.05, 0.1) is 16.3 Å². The third-order valence-electron chi connectivity index (χ3n) is 4.21. The minimum absolute atomic E-state index is 0.124. The first-order valence-electron chi connectivity index (χ1n) is 8.50. The van der Waals surface area contributed by atoms with Crippen LogP contribution in [0.15, 0.2) is 55.1 Å². The molecule has 7 heteroatoms. The number of benzene rings is 2. The van der Waals surface area contributed by atoms with Gasteiger partial charge in [0.15, 0.2) is 5.75 Å². The highest BCUT2D eigenvalue weighted by atomic mass is 35.5. The fraction of sp³-hybridized carbons (Fsp3) is 0.0952. The number of hydrogen-bond donors (Lipinski definition) is 1. The maximum absolute atomic E-state index is 13.9. The van der Waals surface area contributed by atoms with E-state index in [1.54, 1.807) is 30.3 Å². The summed E-state index contributed by atoms with van der Waals surface area (Å²) in [5.74, 6) is -0.444. The first-order valence-corrected chi connectivity index (χ1v) is 8.87. The summed E-state index contributed by atoms with van der Waals surface area (Å²) < 4.78 is 38.7. The van der Waals surface area contributed by atoms with Crippen molar-refractivity contribution in [2.75, 3.05) is 18.5 Å². The van der Waals surface area contributed by atoms with Crippen LogP contribution in [0.2, 0.25) is 5.02 Å². The van der Waals surface area contributed by atoms with E-state index < -0.39 is 11.6 Å². The molecule has 4 nitrogen and oxygen atoms in total. The number of nitrogens with one attached hydrogen (secondary N) is 1. The number of anilines is 1. The summed E-state index contributed by atoms with van der Waals surface area (Å²) in [6.07, 6.45) is 0. The molecule has 1 aromatic heterocycles. The summed E-state index contributed by atoms with van der Waals surface area (Å²) in [5.41, 5.74) is 1.86. The summed E-state index contributed by atoms with van der Waals surface area (Å²) in [7, 11) is 0. The van der Waals surface area contributed by atoms with Crippen molar-refractivity contribution in [3.05, 3.63) is 77.3 Å². The fourth-order valence-corrected chi connectivity index (χ4v) is 3.14. The summed E-state index contributed by atoms with van der Waals surface area (Å²) in [4.78, 5) is 4.43. The molecule has 0 saturated carbocycles. The van der Waals surface area contributed by atoms with Gasteiger partial charge in [0, 0.05) is 23.0 Å². The molecule has 0 aliphatic carbocycles. The lowest BCUT2D eigenvalue weighted by atomic mass is 10.1. The molecule has 2 heterocycles. The first-order chi connectivity index (χ1) is 13.5. The van der Waals surface area contributed by atoms with Gasteiger partial charge in [-0.25, -0.2) is 13.8 Å². The van der Waals surface area contributed by atoms with Crippen LogP contribution in [0, 0.1) is 11.6 Å². The Morgan fingerprint density at radius 2 is 1.71 bits per heavy atom. The molecule has 0 spiro atoms. The molecule has 0 amide bonds. The molecule has 142 valence electrons. The predicted octanol–water partition coefficient (Wildman–Crippen LogP) is 5.53. The van der Waals surface area contributed by atoms with E-state index in [0.717, 1.165) is 5.56 Å². The average Bonchev–Trinajstić information content (AvgIpc) is 2.68. The second kappa shape index (κ2) is 7.48. The molecule has 0 bridgehead atoms. The second-order valence-electron chi connectivity index (χ2n) is 6.10. The van der Waals surface area contributed by atoms with E-state index in [-0.39, 0.29) is 11.3 Å². The first kappa shape index (κ1) is 18.3. The maximum Gasteiger partial charge on any atom is 0.257 e. The number of nitrogens with zero attached hydrogens (tertiary/aromatic N) is 1. The predicted molar refractivity (Wildman–Crippen MR) is 105 cm³/mol. The van der Waals surface area contributed by atoms with Gasteiger partial charge in [0.25, 0.3) is 5.88 Å². The molecule has 0 radical (unpaired) electrons. The third kappa shape index (κ3) is 3.51. The van der Waals surface area contributed by atoms with Gasteiger partial charge in [-0.3, -0.25) is 0 Å². The van der Waals surface area contributed by atoms with Crippen LogP contribution in [0.25, 0.3) is 17.0 Å². The molecular weight excluding hydrogens is 386 g/mol. The summed E-state index contributed by atoms with van der Waals surface area (Å²) in [6, 6.07) is 12.4. The van der Waals surface area contributed by atoms with Crippen molar-refractivity contribution < 1.29 is 18.3 Å². The van der Waals surface area contributed by atoms with Crippen molar-refractivity contribution in [2.45, 2.75) is 0 Å². The number of pyridine rings is 1. The Morgan fingerprint density at radius 3 is 2.43 bits per heavy atom. The normalized spacial score (nSPS) is 12.5. The number of rotatable bonds is 4. The van der Waals surface area contributed by atoms with E-state index in [9.17, 15) is 8.78 Å². The van der Waals surface area contributed by atoms with Crippen molar-refractivity contribution in [3.63, 3.8) is 0 Å². The van der Waals surface area contributed by atoms with E-state index in [1.165, 1.54) is 18.2 Å². The Labute approximate surface area is 165 Å². The molecule has 3 aromatic rings. The van der Waals surface area contributed by atoms with Crippen molar-refractivity contribution >= 4 is 23.0 Å². The van der Waals surface area contributed by atoms with Crippen molar-refractivity contribution in [1.82, 2.24) is 4.98 Å². The number of hydrogen-bond acceptors (Lipinski definition) is 4. The molecule has 0 atom stereocenters. The lowest BCUT2D eigenvalue weighted by Gasteiger charge is -2.18. The van der Waals surface area contributed by atoms with Gasteiger partial charge < -0.3 is 14.8 Å². The fourth-order valence-electron chi connectivity index (χ4n) is 2.89. The number of halogens is 3. The van der Waals surface area contributed by atoms with Crippen LogP contribution >= 0.6 is 11.6 Å². The SMILES string of the molecule is C=C(Nc1ccc(-c2nc3c(cc2Cl)OCCO3)cc1)c1c(F)cccc1F. The van der Waals surface area contributed by atoms with Gasteiger partial charge >= 0.3 is 0 Å². The second-order valence-corrected chi connectivity index (χ2v) is 6.50. The van der Waals surface area contributed by atoms with Crippen molar-refractivity contribution in [1.29, 1.82) is 0 Å². The van der Waals surface area contributed by atoms with Crippen molar-refractivity contribution in [2.24, 2.45) is 0 Å². The smallest absolute Gasteiger partial charge is 0.257 e. The highest BCUT2D eigenvalue weighted by Gasteiger charge is 2.18. The van der Waals surface area contributed by atoms with E-state index in [0.29, 0.717) is 41.2 Å². The molecule has 28 heavy (non-hydrogen) atoms. The molecule has 1 aliphatic heterocycles. The Hall–Kier alpha value is -3.12. The quantitative estimate of drug-likeness (QED) is 0.625. The van der Waals surface area contributed by atoms with Gasteiger partial charge in [-0.1, -0.05) is 36.4 Å². The largest absolute Gasteiger partial charge is 0.484 e. The molecule has 1 aliphatic rings. The number of aromatic nitrogens is 1. The lowest BCUT2D eigenvalue weighted by molar-refractivity contribution is 0.164. The maximum atomic E-state index is 13.9. The third-order valence-corrected chi connectivity index (χ3v) is 4.49. The van der Waals surface area contributed by atoms with E-state index in [4.69, 9.17) is 21.1 Å². The topological polar surface area (TPSA) is 43.4 Å². The number of ether oxygens (including phenoxy) is 2. The van der Waals surface area contributed by atoms with Gasteiger partial charge in [-0.05, 0) is 24.3 Å². The zero-order valence-electron chi connectivity index (χ0n) is 14.6. The highest BCUT2D eigenvalue weighted by molar-refractivity contribution is 6.33. The summed E-state index contributed by atoms with van der Waals surface area (Å²) in [6.45, 7) is 4.61. The lowest BCUT2D eigenvalue weighted by Crippen LogP contribution is -2.16. The van der Waals surface area contributed by atoms with Crippen LogP contribution in [0.3, 0.4) is 0 Å². The average molecular weight is 401 g/mol. The molecule has 0 unspecified atom stereocenters. The van der Waals surface area contributed by atoms with Gasteiger partial charge in [0.1, 0.15) is 24.8 Å². The zero-order chi connectivity index (χ0) is 19.7. The summed E-state index contributed by atoms with van der Waals surface area (Å²) in [5, 5.41) is 3.34. The summed E-state index contributed by atoms with van der Waals surface area (Å²) >= 11 is 6.32. The molecule has 0 fully saturated rings. The van der Waals surface area contributed by atoms with Crippen LogP contribution in [-0.2, 0) is 0 Å². The highest BCUT2D eigenvalue weighted by Crippen LogP contribution is 2.37. The van der Waals surface area contributed by atoms with Crippen LogP contribution in [-0.4, -0.2) is 18.2 Å². The molecule has 4 rings (SSSR count). The monoisotopic (exact) mass is 400 g/mol.